The molecule has 1 heterocycles. The highest BCUT2D eigenvalue weighted by molar-refractivity contribution is 5.74. The molecule has 1 amide bonds. The quantitative estimate of drug-likeness (QED) is 0.673. The minimum absolute atomic E-state index is 0.0972. The van der Waals surface area contributed by atoms with Crippen molar-refractivity contribution in [3.05, 3.63) is 42.5 Å². The first-order valence-electron chi connectivity index (χ1n) is 9.22. The van der Waals surface area contributed by atoms with Gasteiger partial charge >= 0.3 is 0 Å². The fraction of sp³-hybridized carbons (Fsp3) is 0.550. The molecule has 1 aromatic rings. The second-order valence-electron chi connectivity index (χ2n) is 7.40. The molecule has 1 aliphatic carbocycles. The molecule has 1 aromatic carbocycles. The average Bonchev–Trinajstić information content (AvgIpc) is 2.60. The normalized spacial score (nSPS) is 31.8. The Morgan fingerprint density at radius 3 is 2.80 bits per heavy atom. The Balaban J connectivity index is 1.88. The van der Waals surface area contributed by atoms with Crippen LogP contribution in [0.1, 0.15) is 43.7 Å². The van der Waals surface area contributed by atoms with Crippen molar-refractivity contribution in [2.75, 3.05) is 19.7 Å². The number of ether oxygens (including phenoxy) is 1. The predicted molar refractivity (Wildman–Crippen MR) is 96.3 cm³/mol. The van der Waals surface area contributed by atoms with Crippen molar-refractivity contribution in [2.24, 2.45) is 11.7 Å². The highest BCUT2D eigenvalue weighted by atomic mass is 16.5. The van der Waals surface area contributed by atoms with Crippen molar-refractivity contribution < 1.29 is 19.5 Å². The minimum Gasteiger partial charge on any atom is -0.490 e. The molecule has 0 aromatic heterocycles. The van der Waals surface area contributed by atoms with Crippen LogP contribution in [0.4, 0.5) is 0 Å². The standard InChI is InChI=1S/C20H28N2O3/c1-2-13-25-16-8-6-15(7-9-16)19-17-5-3-4-10-20(17,24)11-12-22(19)14-18(21)23/h2,6-9,17,19,24H,1,3-5,10-14H2,(H2,21,23)/p+1/t17-,19-,20-/m0/s1. The third-order valence-electron chi connectivity index (χ3n) is 5.79. The number of piperidine rings is 1. The number of fused-ring (bicyclic) bond motifs is 1. The molecule has 1 saturated heterocycles. The maximum atomic E-state index is 11.6. The summed E-state index contributed by atoms with van der Waals surface area (Å²) >= 11 is 0. The second kappa shape index (κ2) is 7.58. The van der Waals surface area contributed by atoms with E-state index in [1.807, 2.05) is 12.1 Å². The fourth-order valence-electron chi connectivity index (χ4n) is 4.67. The van der Waals surface area contributed by atoms with Gasteiger partial charge in [-0.2, -0.15) is 0 Å². The molecule has 2 aliphatic rings. The Morgan fingerprint density at radius 1 is 1.36 bits per heavy atom. The summed E-state index contributed by atoms with van der Waals surface area (Å²) in [6.07, 6.45) is 6.54. The molecule has 5 nitrogen and oxygen atoms in total. The maximum absolute atomic E-state index is 11.6. The van der Waals surface area contributed by atoms with Gasteiger partial charge in [-0.3, -0.25) is 4.79 Å². The zero-order valence-electron chi connectivity index (χ0n) is 14.7. The molecule has 4 atom stereocenters. The first-order valence-corrected chi connectivity index (χ1v) is 9.22. The lowest BCUT2D eigenvalue weighted by Crippen LogP contribution is -3.16. The number of nitrogens with two attached hydrogens (primary N) is 1. The van der Waals surface area contributed by atoms with Crippen LogP contribution >= 0.6 is 0 Å². The van der Waals surface area contributed by atoms with Crippen LogP contribution in [0.3, 0.4) is 0 Å². The van der Waals surface area contributed by atoms with Gasteiger partial charge in [-0.15, -0.1) is 0 Å². The smallest absolute Gasteiger partial charge is 0.272 e. The molecular formula is C20H29N2O3+. The molecule has 1 aliphatic heterocycles. The Hall–Kier alpha value is -1.85. The average molecular weight is 345 g/mol. The van der Waals surface area contributed by atoms with Crippen molar-refractivity contribution >= 4 is 5.91 Å². The molecule has 1 unspecified atom stereocenters. The van der Waals surface area contributed by atoms with Crippen LogP contribution in [0, 0.1) is 5.92 Å². The number of amides is 1. The van der Waals surface area contributed by atoms with E-state index >= 15 is 0 Å². The van der Waals surface area contributed by atoms with E-state index in [9.17, 15) is 9.90 Å². The van der Waals surface area contributed by atoms with Gasteiger partial charge in [-0.1, -0.05) is 25.5 Å². The molecule has 5 heteroatoms. The van der Waals surface area contributed by atoms with Gasteiger partial charge in [0.25, 0.3) is 5.91 Å². The topological polar surface area (TPSA) is 77.0 Å². The highest BCUT2D eigenvalue weighted by Gasteiger charge is 2.51. The summed E-state index contributed by atoms with van der Waals surface area (Å²) < 4.78 is 5.57. The lowest BCUT2D eigenvalue weighted by atomic mass is 9.66. The van der Waals surface area contributed by atoms with Crippen molar-refractivity contribution in [2.45, 2.75) is 43.7 Å². The number of likely N-dealkylation sites (tertiary alicyclic amines) is 1. The summed E-state index contributed by atoms with van der Waals surface area (Å²) in [6.45, 7) is 5.22. The lowest BCUT2D eigenvalue weighted by molar-refractivity contribution is -0.937. The third kappa shape index (κ3) is 3.88. The van der Waals surface area contributed by atoms with Crippen LogP contribution in [-0.4, -0.2) is 36.3 Å². The number of aliphatic hydroxyl groups is 1. The summed E-state index contributed by atoms with van der Waals surface area (Å²) in [4.78, 5) is 12.7. The molecule has 0 spiro atoms. The Kier molecular flexibility index (Phi) is 5.45. The first kappa shape index (κ1) is 18.0. The van der Waals surface area contributed by atoms with Crippen LogP contribution in [0.15, 0.2) is 36.9 Å². The van der Waals surface area contributed by atoms with Crippen molar-refractivity contribution in [1.82, 2.24) is 0 Å². The van der Waals surface area contributed by atoms with E-state index in [1.54, 1.807) is 6.08 Å². The number of rotatable bonds is 6. The molecule has 0 radical (unpaired) electrons. The summed E-state index contributed by atoms with van der Waals surface area (Å²) in [7, 11) is 0. The molecule has 3 rings (SSSR count). The van der Waals surface area contributed by atoms with Crippen LogP contribution in [0.25, 0.3) is 0 Å². The van der Waals surface area contributed by atoms with Crippen LogP contribution in [0.2, 0.25) is 0 Å². The van der Waals surface area contributed by atoms with E-state index in [0.717, 1.165) is 50.0 Å². The van der Waals surface area contributed by atoms with E-state index in [2.05, 4.69) is 18.7 Å². The number of benzene rings is 1. The summed E-state index contributed by atoms with van der Waals surface area (Å²) in [5.41, 5.74) is 6.03. The minimum atomic E-state index is -0.609. The lowest BCUT2D eigenvalue weighted by Gasteiger charge is -2.50. The molecule has 0 bridgehead atoms. The molecule has 136 valence electrons. The van der Waals surface area contributed by atoms with Gasteiger partial charge in [0.05, 0.1) is 12.1 Å². The zero-order chi connectivity index (χ0) is 17.9. The summed E-state index contributed by atoms with van der Waals surface area (Å²) in [5, 5.41) is 11.2. The Bertz CT molecular complexity index is 616. The molecule has 1 saturated carbocycles. The van der Waals surface area contributed by atoms with Crippen molar-refractivity contribution in [3.8, 4) is 5.75 Å². The molecule has 25 heavy (non-hydrogen) atoms. The van der Waals surface area contributed by atoms with Crippen molar-refractivity contribution in [1.29, 1.82) is 0 Å². The van der Waals surface area contributed by atoms with Gasteiger partial charge < -0.3 is 20.5 Å². The maximum Gasteiger partial charge on any atom is 0.272 e. The highest BCUT2D eigenvalue weighted by Crippen LogP contribution is 2.44. The number of hydrogen-bond acceptors (Lipinski definition) is 3. The number of primary amides is 1. The second-order valence-corrected chi connectivity index (χ2v) is 7.40. The Morgan fingerprint density at radius 2 is 2.12 bits per heavy atom. The Labute approximate surface area is 149 Å². The summed E-state index contributed by atoms with van der Waals surface area (Å²) in [6, 6.07) is 8.13. The van der Waals surface area contributed by atoms with E-state index < -0.39 is 5.60 Å². The van der Waals surface area contributed by atoms with Gasteiger partial charge in [-0.05, 0) is 37.1 Å². The van der Waals surface area contributed by atoms with Gasteiger partial charge in [0.2, 0.25) is 0 Å². The third-order valence-corrected chi connectivity index (χ3v) is 5.79. The summed E-state index contributed by atoms with van der Waals surface area (Å²) in [5.74, 6) is 0.686. The van der Waals surface area contributed by atoms with Crippen molar-refractivity contribution in [3.63, 3.8) is 0 Å². The fourth-order valence-corrected chi connectivity index (χ4v) is 4.67. The zero-order valence-corrected chi connectivity index (χ0v) is 14.7. The SMILES string of the molecule is C=CCOc1ccc([C@H]2[C@@H]3CCCC[C@]3(O)CC[NH+]2CC(N)=O)cc1. The number of nitrogens with one attached hydrogen (secondary N) is 1. The number of carbonyl (C=O) groups excluding carboxylic acids is 1. The molecular weight excluding hydrogens is 316 g/mol. The first-order chi connectivity index (χ1) is 12.0. The van der Waals surface area contributed by atoms with Crippen LogP contribution in [0.5, 0.6) is 5.75 Å². The van der Waals surface area contributed by atoms with Gasteiger partial charge in [0.1, 0.15) is 18.4 Å². The van der Waals surface area contributed by atoms with Crippen LogP contribution < -0.4 is 15.4 Å². The number of quaternary nitrogens is 1. The number of hydrogen-bond donors (Lipinski definition) is 3. The van der Waals surface area contributed by atoms with Gasteiger partial charge in [0.15, 0.2) is 6.54 Å². The molecule has 2 fully saturated rings. The van der Waals surface area contributed by atoms with E-state index in [4.69, 9.17) is 10.5 Å². The van der Waals surface area contributed by atoms with E-state index in [0.29, 0.717) is 13.2 Å². The predicted octanol–water partition coefficient (Wildman–Crippen LogP) is 0.988. The number of carbonyl (C=O) groups is 1. The largest absolute Gasteiger partial charge is 0.490 e. The molecule has 4 N–H and O–H groups in total. The van der Waals surface area contributed by atoms with Crippen LogP contribution in [-0.2, 0) is 4.79 Å². The van der Waals surface area contributed by atoms with E-state index in [-0.39, 0.29) is 17.9 Å². The monoisotopic (exact) mass is 345 g/mol. The van der Waals surface area contributed by atoms with Gasteiger partial charge in [-0.25, -0.2) is 0 Å². The van der Waals surface area contributed by atoms with E-state index in [1.165, 1.54) is 4.90 Å². The van der Waals surface area contributed by atoms with Gasteiger partial charge in [0, 0.05) is 17.9 Å².